The first-order chi connectivity index (χ1) is 12.2. The second-order valence-electron chi connectivity index (χ2n) is 5.54. The summed E-state index contributed by atoms with van der Waals surface area (Å²) in [7, 11) is 0. The molecule has 5 nitrogen and oxygen atoms in total. The molecule has 0 spiro atoms. The summed E-state index contributed by atoms with van der Waals surface area (Å²) in [6.07, 6.45) is 3.75. The highest BCUT2D eigenvalue weighted by Gasteiger charge is 2.14. The lowest BCUT2D eigenvalue weighted by molar-refractivity contribution is 0.681. The smallest absolute Gasteiger partial charge is 0.260 e. The Hall–Kier alpha value is -1.90. The second-order valence-corrected chi connectivity index (χ2v) is 8.63. The van der Waals surface area contributed by atoms with Gasteiger partial charge in [0.2, 0.25) is 0 Å². The lowest BCUT2D eigenvalue weighted by Crippen LogP contribution is -2.10. The van der Waals surface area contributed by atoms with Crippen LogP contribution in [0.2, 0.25) is 0 Å². The van der Waals surface area contributed by atoms with Crippen LogP contribution in [0.25, 0.3) is 20.7 Å². The predicted octanol–water partition coefficient (Wildman–Crippen LogP) is 4.53. The topological polar surface area (TPSA) is 63.6 Å². The Morgan fingerprint density at radius 3 is 3.00 bits per heavy atom. The fourth-order valence-electron chi connectivity index (χ4n) is 2.63. The Morgan fingerprint density at radius 1 is 1.36 bits per heavy atom. The van der Waals surface area contributed by atoms with E-state index in [0.717, 1.165) is 27.0 Å². The first kappa shape index (κ1) is 16.6. The zero-order chi connectivity index (χ0) is 17.4. The van der Waals surface area contributed by atoms with Crippen LogP contribution in [0.3, 0.4) is 0 Å². The highest BCUT2D eigenvalue weighted by molar-refractivity contribution is 7.98. The van der Waals surface area contributed by atoms with Crippen LogP contribution >= 0.6 is 34.4 Å². The molecule has 0 aliphatic carbocycles. The molecule has 4 heterocycles. The van der Waals surface area contributed by atoms with Crippen molar-refractivity contribution in [3.05, 3.63) is 51.0 Å². The fourth-order valence-corrected chi connectivity index (χ4v) is 5.45. The summed E-state index contributed by atoms with van der Waals surface area (Å²) in [6.45, 7) is 5.03. The van der Waals surface area contributed by atoms with Gasteiger partial charge >= 0.3 is 0 Å². The summed E-state index contributed by atoms with van der Waals surface area (Å²) in [5, 5.41) is 3.65. The molecule has 0 fully saturated rings. The number of thioether (sulfide) groups is 1. The first-order valence-electron chi connectivity index (χ1n) is 7.87. The number of aromatic nitrogens is 4. The van der Waals surface area contributed by atoms with Gasteiger partial charge in [-0.1, -0.05) is 11.8 Å². The molecule has 0 saturated carbocycles. The summed E-state index contributed by atoms with van der Waals surface area (Å²) < 4.78 is 2.07. The van der Waals surface area contributed by atoms with Crippen LogP contribution in [0.5, 0.6) is 0 Å². The van der Waals surface area contributed by atoms with Gasteiger partial charge in [0.25, 0.3) is 5.56 Å². The molecule has 8 heteroatoms. The number of hydrogen-bond donors (Lipinski definition) is 1. The van der Waals surface area contributed by atoms with Crippen molar-refractivity contribution in [2.24, 2.45) is 0 Å². The van der Waals surface area contributed by atoms with Crippen LogP contribution in [0, 0.1) is 6.92 Å². The van der Waals surface area contributed by atoms with Gasteiger partial charge in [0, 0.05) is 39.6 Å². The van der Waals surface area contributed by atoms with E-state index in [1.165, 1.54) is 16.2 Å². The van der Waals surface area contributed by atoms with Gasteiger partial charge in [-0.3, -0.25) is 4.79 Å². The Balaban J connectivity index is 1.65. The number of H-pyrrole nitrogens is 1. The van der Waals surface area contributed by atoms with E-state index in [0.29, 0.717) is 17.0 Å². The zero-order valence-electron chi connectivity index (χ0n) is 13.8. The first-order valence-corrected chi connectivity index (χ1v) is 10.5. The number of nitrogens with one attached hydrogen (secondary N) is 1. The van der Waals surface area contributed by atoms with Crippen molar-refractivity contribution in [1.82, 2.24) is 19.5 Å². The third-order valence-corrected chi connectivity index (χ3v) is 6.78. The van der Waals surface area contributed by atoms with E-state index in [-0.39, 0.29) is 5.56 Å². The van der Waals surface area contributed by atoms with Crippen molar-refractivity contribution in [2.75, 3.05) is 0 Å². The van der Waals surface area contributed by atoms with Gasteiger partial charge in [-0.25, -0.2) is 9.97 Å². The summed E-state index contributed by atoms with van der Waals surface area (Å²) in [4.78, 5) is 27.7. The highest BCUT2D eigenvalue weighted by atomic mass is 32.2. The van der Waals surface area contributed by atoms with Gasteiger partial charge in [-0.15, -0.1) is 22.7 Å². The van der Waals surface area contributed by atoms with Crippen LogP contribution in [-0.4, -0.2) is 19.5 Å². The molecule has 4 aromatic heterocycles. The second kappa shape index (κ2) is 6.78. The quantitative estimate of drug-likeness (QED) is 0.510. The molecule has 0 bridgehead atoms. The predicted molar refractivity (Wildman–Crippen MR) is 106 cm³/mol. The summed E-state index contributed by atoms with van der Waals surface area (Å²) in [5.41, 5.74) is 0.911. The van der Waals surface area contributed by atoms with Crippen molar-refractivity contribution < 1.29 is 0 Å². The molecule has 0 unspecified atom stereocenters. The standard InChI is InChI=1S/C17H16N4OS3/c1-3-21-7-6-18-17(21)24-9-13-19-15(22)14-11(8-23-16(14)20-13)12-5-4-10(2)25-12/h4-8H,3,9H2,1-2H3,(H,19,20,22). The molecule has 0 radical (unpaired) electrons. The van der Waals surface area contributed by atoms with Crippen molar-refractivity contribution >= 4 is 44.7 Å². The third-order valence-electron chi connectivity index (χ3n) is 3.85. The van der Waals surface area contributed by atoms with Crippen molar-refractivity contribution in [1.29, 1.82) is 0 Å². The Labute approximate surface area is 156 Å². The number of fused-ring (bicyclic) bond motifs is 1. The van der Waals surface area contributed by atoms with Crippen molar-refractivity contribution in [3.8, 4) is 10.4 Å². The average molecular weight is 389 g/mol. The van der Waals surface area contributed by atoms with Crippen LogP contribution in [0.1, 0.15) is 17.6 Å². The molecule has 0 saturated heterocycles. The van der Waals surface area contributed by atoms with Crippen molar-refractivity contribution in [2.45, 2.75) is 31.3 Å². The molecular formula is C17H16N4OS3. The Bertz CT molecular complexity index is 1090. The van der Waals surface area contributed by atoms with Gasteiger partial charge in [0.05, 0.1) is 11.1 Å². The van der Waals surface area contributed by atoms with Gasteiger partial charge in [-0.2, -0.15) is 0 Å². The number of rotatable bonds is 5. The number of aryl methyl sites for hydroxylation is 2. The fraction of sp³-hybridized carbons (Fsp3) is 0.235. The number of hydrogen-bond acceptors (Lipinski definition) is 6. The maximum atomic E-state index is 12.6. The van der Waals surface area contributed by atoms with Gasteiger partial charge in [0.15, 0.2) is 5.16 Å². The van der Waals surface area contributed by atoms with Gasteiger partial charge in [0.1, 0.15) is 10.7 Å². The lowest BCUT2D eigenvalue weighted by atomic mass is 10.2. The molecule has 4 aromatic rings. The number of nitrogens with zero attached hydrogens (tertiary/aromatic N) is 3. The molecule has 0 aliphatic rings. The molecule has 0 aliphatic heterocycles. The average Bonchev–Trinajstić information content (AvgIpc) is 3.31. The number of imidazole rings is 1. The van der Waals surface area contributed by atoms with E-state index in [9.17, 15) is 4.79 Å². The summed E-state index contributed by atoms with van der Waals surface area (Å²) in [6, 6.07) is 4.14. The van der Waals surface area contributed by atoms with E-state index in [1.54, 1.807) is 29.3 Å². The molecule has 128 valence electrons. The zero-order valence-corrected chi connectivity index (χ0v) is 16.2. The van der Waals surface area contributed by atoms with E-state index in [4.69, 9.17) is 0 Å². The Kier molecular flexibility index (Phi) is 4.49. The van der Waals surface area contributed by atoms with E-state index >= 15 is 0 Å². The summed E-state index contributed by atoms with van der Waals surface area (Å²) in [5.74, 6) is 1.27. The molecule has 0 atom stereocenters. The van der Waals surface area contributed by atoms with Crippen LogP contribution in [0.4, 0.5) is 0 Å². The third kappa shape index (κ3) is 3.17. The highest BCUT2D eigenvalue weighted by Crippen LogP contribution is 2.35. The Morgan fingerprint density at radius 2 is 2.24 bits per heavy atom. The minimum absolute atomic E-state index is 0.0678. The molecular weight excluding hydrogens is 372 g/mol. The minimum atomic E-state index is -0.0678. The van der Waals surface area contributed by atoms with Crippen molar-refractivity contribution in [3.63, 3.8) is 0 Å². The van der Waals surface area contributed by atoms with Crippen LogP contribution in [-0.2, 0) is 12.3 Å². The molecule has 1 N–H and O–H groups in total. The van der Waals surface area contributed by atoms with Crippen LogP contribution in [0.15, 0.2) is 39.9 Å². The molecule has 25 heavy (non-hydrogen) atoms. The molecule has 4 rings (SSSR count). The maximum Gasteiger partial charge on any atom is 0.260 e. The minimum Gasteiger partial charge on any atom is -0.326 e. The lowest BCUT2D eigenvalue weighted by Gasteiger charge is -2.04. The van der Waals surface area contributed by atoms with E-state index in [2.05, 4.69) is 45.5 Å². The van der Waals surface area contributed by atoms with E-state index < -0.39 is 0 Å². The molecule has 0 amide bonds. The normalized spacial score (nSPS) is 11.4. The monoisotopic (exact) mass is 388 g/mol. The molecule has 0 aromatic carbocycles. The largest absolute Gasteiger partial charge is 0.326 e. The van der Waals surface area contributed by atoms with Gasteiger partial charge < -0.3 is 9.55 Å². The van der Waals surface area contributed by atoms with Crippen LogP contribution < -0.4 is 5.56 Å². The van der Waals surface area contributed by atoms with E-state index in [1.807, 2.05) is 11.6 Å². The number of aromatic amines is 1. The van der Waals surface area contributed by atoms with Gasteiger partial charge in [-0.05, 0) is 26.0 Å². The SMILES string of the molecule is CCn1ccnc1SCc1nc2scc(-c3ccc(C)s3)c2c(=O)[nH]1. The summed E-state index contributed by atoms with van der Waals surface area (Å²) >= 11 is 4.80. The maximum absolute atomic E-state index is 12.6. The number of thiophene rings is 2.